The summed E-state index contributed by atoms with van der Waals surface area (Å²) in [6, 6.07) is 4.38. The molecule has 2 rings (SSSR count). The first kappa shape index (κ1) is 14.7. The zero-order valence-corrected chi connectivity index (χ0v) is 11.5. The van der Waals surface area contributed by atoms with Crippen molar-refractivity contribution >= 4 is 23.3 Å². The number of nitrogens with zero attached hydrogens (tertiary/aromatic N) is 1. The van der Waals surface area contributed by atoms with E-state index in [-0.39, 0.29) is 17.1 Å². The molecule has 0 bridgehead atoms. The molecule has 0 atom stereocenters. The van der Waals surface area contributed by atoms with Crippen molar-refractivity contribution in [1.82, 2.24) is 5.32 Å². The van der Waals surface area contributed by atoms with E-state index in [1.54, 1.807) is 12.1 Å². The number of carboxylic acids is 1. The number of carbonyl (C=O) groups is 1. The van der Waals surface area contributed by atoms with Crippen LogP contribution in [0.15, 0.2) is 18.2 Å². The highest BCUT2D eigenvalue weighted by Gasteiger charge is 2.41. The maximum Gasteiger partial charge on any atom is 0.310 e. The number of hydrogen-bond donors (Lipinski definition) is 2. The van der Waals surface area contributed by atoms with Gasteiger partial charge in [0.2, 0.25) is 0 Å². The summed E-state index contributed by atoms with van der Waals surface area (Å²) in [6.45, 7) is 1.21. The summed E-state index contributed by atoms with van der Waals surface area (Å²) < 4.78 is 0. The van der Waals surface area contributed by atoms with Crippen LogP contribution in [0.25, 0.3) is 0 Å². The normalized spacial score (nSPS) is 17.6. The lowest BCUT2D eigenvalue weighted by Gasteiger charge is -2.33. The summed E-state index contributed by atoms with van der Waals surface area (Å²) in [5.41, 5.74) is -0.635. The Morgan fingerprint density at radius 3 is 2.65 bits per heavy atom. The van der Waals surface area contributed by atoms with Crippen LogP contribution in [0.3, 0.4) is 0 Å². The Balaban J connectivity index is 2.36. The van der Waals surface area contributed by atoms with Crippen molar-refractivity contribution in [3.63, 3.8) is 0 Å². The molecule has 20 heavy (non-hydrogen) atoms. The minimum atomic E-state index is -0.941. The van der Waals surface area contributed by atoms with Crippen molar-refractivity contribution < 1.29 is 14.8 Å². The van der Waals surface area contributed by atoms with Crippen LogP contribution in [0.5, 0.6) is 0 Å². The third kappa shape index (κ3) is 2.91. The number of nitro groups is 1. The fourth-order valence-electron chi connectivity index (χ4n) is 2.59. The molecule has 2 N–H and O–H groups in total. The van der Waals surface area contributed by atoms with Crippen molar-refractivity contribution in [3.8, 4) is 0 Å². The van der Waals surface area contributed by atoms with Gasteiger partial charge in [-0.2, -0.15) is 0 Å². The average Bonchev–Trinajstić information content (AvgIpc) is 2.41. The molecule has 6 nitrogen and oxygen atoms in total. The van der Waals surface area contributed by atoms with Gasteiger partial charge in [-0.05, 0) is 38.4 Å². The summed E-state index contributed by atoms with van der Waals surface area (Å²) in [5.74, 6) is -0.900. The van der Waals surface area contributed by atoms with Crippen molar-refractivity contribution in [2.75, 3.05) is 13.1 Å². The van der Waals surface area contributed by atoms with Crippen LogP contribution in [0.1, 0.15) is 18.4 Å². The Kier molecular flexibility index (Phi) is 4.25. The number of halogens is 1. The van der Waals surface area contributed by atoms with Gasteiger partial charge in [0.15, 0.2) is 0 Å². The van der Waals surface area contributed by atoms with Crippen LogP contribution < -0.4 is 5.32 Å². The van der Waals surface area contributed by atoms with E-state index in [2.05, 4.69) is 5.32 Å². The molecule has 0 radical (unpaired) electrons. The lowest BCUT2D eigenvalue weighted by Crippen LogP contribution is -2.43. The molecule has 0 aliphatic carbocycles. The Bertz CT molecular complexity index is 541. The first-order valence-corrected chi connectivity index (χ1v) is 6.69. The highest BCUT2D eigenvalue weighted by molar-refractivity contribution is 6.30. The second-order valence-corrected chi connectivity index (χ2v) is 5.48. The van der Waals surface area contributed by atoms with Gasteiger partial charge >= 0.3 is 5.97 Å². The number of nitrogens with one attached hydrogen (secondary N) is 1. The van der Waals surface area contributed by atoms with Crippen molar-refractivity contribution in [2.24, 2.45) is 5.41 Å². The van der Waals surface area contributed by atoms with E-state index in [1.807, 2.05) is 0 Å². The van der Waals surface area contributed by atoms with E-state index in [1.165, 1.54) is 6.07 Å². The first-order valence-electron chi connectivity index (χ1n) is 6.31. The zero-order chi connectivity index (χ0) is 14.8. The van der Waals surface area contributed by atoms with Crippen molar-refractivity contribution in [3.05, 3.63) is 38.9 Å². The molecule has 7 heteroatoms. The molecule has 1 aliphatic heterocycles. The second kappa shape index (κ2) is 5.76. The molecule has 108 valence electrons. The molecule has 1 aromatic carbocycles. The molecular formula is C13H15ClN2O4. The third-order valence-electron chi connectivity index (χ3n) is 3.79. The van der Waals surface area contributed by atoms with Gasteiger partial charge in [-0.25, -0.2) is 0 Å². The number of rotatable bonds is 4. The predicted octanol–water partition coefficient (Wildman–Crippen LogP) is 2.25. The number of piperidine rings is 1. The molecule has 1 fully saturated rings. The van der Waals surface area contributed by atoms with Crippen LogP contribution in [0, 0.1) is 15.5 Å². The maximum absolute atomic E-state index is 11.6. The average molecular weight is 299 g/mol. The van der Waals surface area contributed by atoms with Crippen molar-refractivity contribution in [2.45, 2.75) is 19.3 Å². The fraction of sp³-hybridized carbons (Fsp3) is 0.462. The van der Waals surface area contributed by atoms with Gasteiger partial charge < -0.3 is 10.4 Å². The molecule has 0 spiro atoms. The van der Waals surface area contributed by atoms with Gasteiger partial charge in [0.1, 0.15) is 0 Å². The van der Waals surface area contributed by atoms with E-state index >= 15 is 0 Å². The van der Waals surface area contributed by atoms with Crippen LogP contribution in [0.4, 0.5) is 5.69 Å². The Labute approximate surface area is 120 Å². The van der Waals surface area contributed by atoms with Crippen molar-refractivity contribution in [1.29, 1.82) is 0 Å². The fourth-order valence-corrected chi connectivity index (χ4v) is 2.76. The minimum absolute atomic E-state index is 0.114. The Hall–Kier alpha value is -1.66. The third-order valence-corrected chi connectivity index (χ3v) is 4.02. The maximum atomic E-state index is 11.6. The van der Waals surface area contributed by atoms with Crippen LogP contribution in [-0.4, -0.2) is 29.1 Å². The van der Waals surface area contributed by atoms with Gasteiger partial charge in [0.05, 0.1) is 10.3 Å². The smallest absolute Gasteiger partial charge is 0.310 e. The van der Waals surface area contributed by atoms with E-state index in [0.29, 0.717) is 31.5 Å². The molecular weight excluding hydrogens is 284 g/mol. The van der Waals surface area contributed by atoms with E-state index in [0.717, 1.165) is 0 Å². The highest BCUT2D eigenvalue weighted by Crippen LogP contribution is 2.36. The lowest BCUT2D eigenvalue weighted by molar-refractivity contribution is -0.385. The topological polar surface area (TPSA) is 92.5 Å². The van der Waals surface area contributed by atoms with E-state index < -0.39 is 16.3 Å². The number of carboxylic acid groups (broad SMARTS) is 1. The Morgan fingerprint density at radius 2 is 2.10 bits per heavy atom. The molecule has 1 aliphatic rings. The summed E-state index contributed by atoms with van der Waals surface area (Å²) in [5, 5.41) is 24.0. The first-order chi connectivity index (χ1) is 9.44. The summed E-state index contributed by atoms with van der Waals surface area (Å²) >= 11 is 5.77. The number of nitro benzene ring substituents is 1. The molecule has 1 aromatic rings. The molecule has 0 aromatic heterocycles. The van der Waals surface area contributed by atoms with Crippen LogP contribution in [0.2, 0.25) is 5.02 Å². The summed E-state index contributed by atoms with van der Waals surface area (Å²) in [6.07, 6.45) is 1.07. The molecule has 0 saturated carbocycles. The lowest BCUT2D eigenvalue weighted by atomic mass is 9.74. The van der Waals surface area contributed by atoms with Gasteiger partial charge in [-0.3, -0.25) is 14.9 Å². The van der Waals surface area contributed by atoms with Gasteiger partial charge in [0.25, 0.3) is 5.69 Å². The molecule has 0 unspecified atom stereocenters. The monoisotopic (exact) mass is 298 g/mol. The molecule has 1 heterocycles. The quantitative estimate of drug-likeness (QED) is 0.657. The molecule has 1 saturated heterocycles. The van der Waals surface area contributed by atoms with Gasteiger partial charge in [-0.1, -0.05) is 17.7 Å². The van der Waals surface area contributed by atoms with Gasteiger partial charge in [-0.15, -0.1) is 0 Å². The van der Waals surface area contributed by atoms with Gasteiger partial charge in [0, 0.05) is 16.7 Å². The largest absolute Gasteiger partial charge is 0.481 e. The SMILES string of the molecule is O=C(O)C1(Cc2ccc(Cl)cc2[N+](=O)[O-])CCNCC1. The summed E-state index contributed by atoms with van der Waals surface area (Å²) in [4.78, 5) is 22.2. The number of hydrogen-bond acceptors (Lipinski definition) is 4. The minimum Gasteiger partial charge on any atom is -0.481 e. The predicted molar refractivity (Wildman–Crippen MR) is 74.0 cm³/mol. The standard InChI is InChI=1S/C13H15ClN2O4/c14-10-2-1-9(11(7-10)16(19)20)8-13(12(17)18)3-5-15-6-4-13/h1-2,7,15H,3-6,8H2,(H,17,18). The van der Waals surface area contributed by atoms with Crippen LogP contribution in [-0.2, 0) is 11.2 Å². The second-order valence-electron chi connectivity index (χ2n) is 5.04. The number of benzene rings is 1. The summed E-state index contributed by atoms with van der Waals surface area (Å²) in [7, 11) is 0. The number of aliphatic carboxylic acids is 1. The Morgan fingerprint density at radius 1 is 1.45 bits per heavy atom. The van der Waals surface area contributed by atoms with E-state index in [4.69, 9.17) is 11.6 Å². The highest BCUT2D eigenvalue weighted by atomic mass is 35.5. The van der Waals surface area contributed by atoms with Crippen LogP contribution >= 0.6 is 11.6 Å². The van der Waals surface area contributed by atoms with E-state index in [9.17, 15) is 20.0 Å². The molecule has 0 amide bonds. The zero-order valence-electron chi connectivity index (χ0n) is 10.8.